The first-order valence-corrected chi connectivity index (χ1v) is 5.16. The van der Waals surface area contributed by atoms with Gasteiger partial charge in [0.1, 0.15) is 34.1 Å². The van der Waals surface area contributed by atoms with Crippen LogP contribution in [0.25, 0.3) is 0 Å². The lowest BCUT2D eigenvalue weighted by atomic mass is 10.3. The van der Waals surface area contributed by atoms with Crippen LogP contribution < -0.4 is 5.32 Å². The zero-order chi connectivity index (χ0) is 12.4. The Labute approximate surface area is 101 Å². The van der Waals surface area contributed by atoms with Crippen molar-refractivity contribution < 1.29 is 8.78 Å². The van der Waals surface area contributed by atoms with Crippen molar-refractivity contribution in [3.63, 3.8) is 0 Å². The Morgan fingerprint density at radius 1 is 1.18 bits per heavy atom. The van der Waals surface area contributed by atoms with E-state index in [1.54, 1.807) is 6.92 Å². The normalized spacial score (nSPS) is 10.4. The van der Waals surface area contributed by atoms with Crippen LogP contribution in [0.1, 0.15) is 5.82 Å². The number of hydrogen-bond acceptors (Lipinski definition) is 3. The Morgan fingerprint density at radius 3 is 2.41 bits per heavy atom. The lowest BCUT2D eigenvalue weighted by Gasteiger charge is -2.08. The van der Waals surface area contributed by atoms with Crippen LogP contribution in [-0.4, -0.2) is 9.97 Å². The zero-order valence-corrected chi connectivity index (χ0v) is 9.59. The van der Waals surface area contributed by atoms with Gasteiger partial charge in [0.15, 0.2) is 0 Å². The summed E-state index contributed by atoms with van der Waals surface area (Å²) >= 11 is 5.72. The van der Waals surface area contributed by atoms with E-state index in [2.05, 4.69) is 15.3 Å². The largest absolute Gasteiger partial charge is 0.335 e. The van der Waals surface area contributed by atoms with Gasteiger partial charge in [-0.15, -0.1) is 0 Å². The quantitative estimate of drug-likeness (QED) is 0.835. The van der Waals surface area contributed by atoms with Crippen LogP contribution in [0.5, 0.6) is 0 Å². The Morgan fingerprint density at radius 2 is 1.82 bits per heavy atom. The number of nitrogens with zero attached hydrogens (tertiary/aromatic N) is 2. The minimum absolute atomic E-state index is 0.205. The molecular formula is C11H8ClF2N3. The number of aromatic nitrogens is 2. The number of halogens is 3. The first-order chi connectivity index (χ1) is 8.06. The third kappa shape index (κ3) is 2.68. The molecule has 0 radical (unpaired) electrons. The second-order valence-electron chi connectivity index (χ2n) is 3.34. The predicted molar refractivity (Wildman–Crippen MR) is 61.4 cm³/mol. The van der Waals surface area contributed by atoms with Gasteiger partial charge >= 0.3 is 0 Å². The third-order valence-corrected chi connectivity index (χ3v) is 2.22. The van der Waals surface area contributed by atoms with Crippen LogP contribution in [0.3, 0.4) is 0 Å². The molecule has 1 N–H and O–H groups in total. The fraction of sp³-hybridized carbons (Fsp3) is 0.0909. The van der Waals surface area contributed by atoms with Crippen molar-refractivity contribution >= 4 is 23.1 Å². The molecule has 0 unspecified atom stereocenters. The van der Waals surface area contributed by atoms with E-state index in [1.807, 2.05) is 0 Å². The van der Waals surface area contributed by atoms with E-state index >= 15 is 0 Å². The Kier molecular flexibility index (Phi) is 3.19. The number of para-hydroxylation sites is 1. The summed E-state index contributed by atoms with van der Waals surface area (Å²) in [6.45, 7) is 1.63. The molecule has 2 rings (SSSR count). The molecule has 0 saturated heterocycles. The van der Waals surface area contributed by atoms with Crippen LogP contribution in [0, 0.1) is 18.6 Å². The van der Waals surface area contributed by atoms with E-state index in [-0.39, 0.29) is 16.7 Å². The number of rotatable bonds is 2. The van der Waals surface area contributed by atoms with E-state index in [0.29, 0.717) is 5.82 Å². The minimum atomic E-state index is -0.697. The average molecular weight is 256 g/mol. The molecule has 0 amide bonds. The van der Waals surface area contributed by atoms with Gasteiger partial charge in [-0.25, -0.2) is 18.7 Å². The van der Waals surface area contributed by atoms with Gasteiger partial charge in [-0.05, 0) is 19.1 Å². The summed E-state index contributed by atoms with van der Waals surface area (Å²) in [5, 5.41) is 2.74. The van der Waals surface area contributed by atoms with Crippen molar-refractivity contribution in [2.75, 3.05) is 5.32 Å². The summed E-state index contributed by atoms with van der Waals surface area (Å²) in [4.78, 5) is 7.82. The van der Waals surface area contributed by atoms with Crippen molar-refractivity contribution in [2.24, 2.45) is 0 Å². The smallest absolute Gasteiger partial charge is 0.149 e. The fourth-order valence-corrected chi connectivity index (χ4v) is 1.57. The standard InChI is InChI=1S/C11H8ClF2N3/c1-6-15-9(12)5-10(16-6)17-11-7(13)3-2-4-8(11)14/h2-5H,1H3,(H,15,16,17). The summed E-state index contributed by atoms with van der Waals surface area (Å²) in [5.74, 6) is -0.738. The highest BCUT2D eigenvalue weighted by molar-refractivity contribution is 6.29. The summed E-state index contributed by atoms with van der Waals surface area (Å²) in [6, 6.07) is 4.98. The van der Waals surface area contributed by atoms with Gasteiger partial charge in [-0.1, -0.05) is 17.7 Å². The average Bonchev–Trinajstić information content (AvgIpc) is 2.22. The monoisotopic (exact) mass is 255 g/mol. The Bertz CT molecular complexity index is 520. The van der Waals surface area contributed by atoms with Gasteiger partial charge in [-0.3, -0.25) is 0 Å². The summed E-state index contributed by atoms with van der Waals surface area (Å²) in [5.41, 5.74) is -0.262. The van der Waals surface area contributed by atoms with Gasteiger partial charge in [0.2, 0.25) is 0 Å². The molecule has 0 fully saturated rings. The third-order valence-electron chi connectivity index (χ3n) is 2.02. The highest BCUT2D eigenvalue weighted by Gasteiger charge is 2.09. The van der Waals surface area contributed by atoms with Gasteiger partial charge in [0, 0.05) is 6.07 Å². The number of benzene rings is 1. The molecule has 2 aromatic rings. The molecule has 1 aromatic heterocycles. The highest BCUT2D eigenvalue weighted by Crippen LogP contribution is 2.23. The van der Waals surface area contributed by atoms with E-state index in [0.717, 1.165) is 12.1 Å². The molecule has 1 heterocycles. The van der Waals surface area contributed by atoms with Crippen LogP contribution in [-0.2, 0) is 0 Å². The molecule has 17 heavy (non-hydrogen) atoms. The van der Waals surface area contributed by atoms with Gasteiger partial charge in [0.05, 0.1) is 0 Å². The molecule has 0 bridgehead atoms. The maximum absolute atomic E-state index is 13.4. The lowest BCUT2D eigenvalue weighted by Crippen LogP contribution is -2.01. The minimum Gasteiger partial charge on any atom is -0.335 e. The van der Waals surface area contributed by atoms with E-state index in [9.17, 15) is 8.78 Å². The molecule has 0 aliphatic rings. The van der Waals surface area contributed by atoms with Crippen molar-refractivity contribution in [3.8, 4) is 0 Å². The highest BCUT2D eigenvalue weighted by atomic mass is 35.5. The van der Waals surface area contributed by atoms with Crippen LogP contribution in [0.15, 0.2) is 24.3 Å². The molecule has 0 aliphatic heterocycles. The van der Waals surface area contributed by atoms with Gasteiger partial charge < -0.3 is 5.32 Å². The summed E-state index contributed by atoms with van der Waals surface area (Å²) < 4.78 is 26.7. The first kappa shape index (κ1) is 11.7. The van der Waals surface area contributed by atoms with Gasteiger partial charge in [0.25, 0.3) is 0 Å². The second kappa shape index (κ2) is 4.63. The molecule has 3 nitrogen and oxygen atoms in total. The van der Waals surface area contributed by atoms with Crippen LogP contribution in [0.4, 0.5) is 20.3 Å². The molecule has 6 heteroatoms. The SMILES string of the molecule is Cc1nc(Cl)cc(Nc2c(F)cccc2F)n1. The maximum atomic E-state index is 13.4. The Balaban J connectivity index is 2.38. The molecular weight excluding hydrogens is 248 g/mol. The van der Waals surface area contributed by atoms with Crippen molar-refractivity contribution in [2.45, 2.75) is 6.92 Å². The lowest BCUT2D eigenvalue weighted by molar-refractivity contribution is 0.590. The molecule has 0 spiro atoms. The second-order valence-corrected chi connectivity index (χ2v) is 3.73. The van der Waals surface area contributed by atoms with Crippen molar-refractivity contribution in [3.05, 3.63) is 46.9 Å². The van der Waals surface area contributed by atoms with E-state index < -0.39 is 11.6 Å². The first-order valence-electron chi connectivity index (χ1n) is 4.78. The van der Waals surface area contributed by atoms with E-state index in [1.165, 1.54) is 12.1 Å². The molecule has 1 aromatic carbocycles. The maximum Gasteiger partial charge on any atom is 0.149 e. The summed E-state index contributed by atoms with van der Waals surface area (Å²) in [6.07, 6.45) is 0. The topological polar surface area (TPSA) is 37.8 Å². The summed E-state index contributed by atoms with van der Waals surface area (Å²) in [7, 11) is 0. The molecule has 0 saturated carbocycles. The molecule has 0 atom stereocenters. The zero-order valence-electron chi connectivity index (χ0n) is 8.84. The van der Waals surface area contributed by atoms with Crippen molar-refractivity contribution in [1.82, 2.24) is 9.97 Å². The van der Waals surface area contributed by atoms with Gasteiger partial charge in [-0.2, -0.15) is 0 Å². The van der Waals surface area contributed by atoms with Crippen molar-refractivity contribution in [1.29, 1.82) is 0 Å². The van der Waals surface area contributed by atoms with E-state index in [4.69, 9.17) is 11.6 Å². The predicted octanol–water partition coefficient (Wildman–Crippen LogP) is 3.46. The number of hydrogen-bond donors (Lipinski definition) is 1. The Hall–Kier alpha value is -1.75. The molecule has 88 valence electrons. The fourth-order valence-electron chi connectivity index (χ4n) is 1.34. The number of nitrogens with one attached hydrogen (secondary N) is 1. The molecule has 0 aliphatic carbocycles. The number of aryl methyl sites for hydroxylation is 1. The number of anilines is 2. The van der Waals surface area contributed by atoms with Crippen LogP contribution in [0.2, 0.25) is 5.15 Å². The van der Waals surface area contributed by atoms with Crippen LogP contribution >= 0.6 is 11.6 Å².